The second-order valence-corrected chi connectivity index (χ2v) is 6.77. The molecule has 1 saturated heterocycles. The maximum absolute atomic E-state index is 12.8. The lowest BCUT2D eigenvalue weighted by atomic mass is 9.82. The Labute approximate surface area is 122 Å². The molecule has 0 spiro atoms. The molecule has 20 heavy (non-hydrogen) atoms. The number of carbonyl (C=O) groups is 2. The highest BCUT2D eigenvalue weighted by Crippen LogP contribution is 2.42. The molecule has 2 aliphatic rings. The van der Waals surface area contributed by atoms with E-state index in [4.69, 9.17) is 0 Å². The maximum Gasteiger partial charge on any atom is 0.248 e. The van der Waals surface area contributed by atoms with Gasteiger partial charge in [-0.25, -0.2) is 0 Å². The zero-order valence-corrected chi connectivity index (χ0v) is 13.1. The molecule has 0 aromatic rings. The second-order valence-electron chi connectivity index (χ2n) is 6.77. The number of amides is 2. The van der Waals surface area contributed by atoms with E-state index in [1.807, 2.05) is 18.7 Å². The topological polar surface area (TPSA) is 49.4 Å². The van der Waals surface area contributed by atoms with Gasteiger partial charge in [-0.05, 0) is 38.0 Å². The van der Waals surface area contributed by atoms with Crippen molar-refractivity contribution in [1.29, 1.82) is 0 Å². The van der Waals surface area contributed by atoms with Crippen LogP contribution in [0.1, 0.15) is 65.7 Å². The fraction of sp³-hybridized carbons (Fsp3) is 0.875. The van der Waals surface area contributed by atoms with Gasteiger partial charge in [0.1, 0.15) is 5.54 Å². The largest absolute Gasteiger partial charge is 0.342 e. The van der Waals surface area contributed by atoms with Crippen LogP contribution >= 0.6 is 0 Å². The van der Waals surface area contributed by atoms with Crippen LogP contribution in [0.2, 0.25) is 0 Å². The number of nitrogens with one attached hydrogen (secondary N) is 1. The van der Waals surface area contributed by atoms with Crippen molar-refractivity contribution in [2.24, 2.45) is 5.41 Å². The van der Waals surface area contributed by atoms with E-state index in [0.29, 0.717) is 19.4 Å². The van der Waals surface area contributed by atoms with Crippen LogP contribution < -0.4 is 5.32 Å². The minimum atomic E-state index is -0.721. The number of hydrogen-bond acceptors (Lipinski definition) is 2. The molecule has 0 aromatic carbocycles. The second kappa shape index (κ2) is 5.74. The van der Waals surface area contributed by atoms with Crippen molar-refractivity contribution in [3.63, 3.8) is 0 Å². The number of hydrogen-bond donors (Lipinski definition) is 1. The quantitative estimate of drug-likeness (QED) is 0.860. The van der Waals surface area contributed by atoms with Gasteiger partial charge in [0.2, 0.25) is 11.8 Å². The molecule has 0 bridgehead atoms. The van der Waals surface area contributed by atoms with E-state index in [1.165, 1.54) is 25.7 Å². The Morgan fingerprint density at radius 2 is 1.80 bits per heavy atom. The lowest BCUT2D eigenvalue weighted by Gasteiger charge is -2.37. The summed E-state index contributed by atoms with van der Waals surface area (Å²) in [6.07, 6.45) is 7.19. The Kier molecular flexibility index (Phi) is 4.40. The van der Waals surface area contributed by atoms with Crippen molar-refractivity contribution in [2.75, 3.05) is 13.1 Å². The fourth-order valence-corrected chi connectivity index (χ4v) is 3.65. The molecular formula is C16H28N2O2. The summed E-state index contributed by atoms with van der Waals surface area (Å²) in [6, 6.07) is 0. The van der Waals surface area contributed by atoms with Crippen LogP contribution in [0.5, 0.6) is 0 Å². The van der Waals surface area contributed by atoms with Gasteiger partial charge in [-0.2, -0.15) is 0 Å². The number of rotatable bonds is 4. The summed E-state index contributed by atoms with van der Waals surface area (Å²) in [7, 11) is 0. The standard InChI is InChI=1S/C16H28N2O2/c1-4-15(3)14(20)18(11-8-13(19)17-15)12-16(5-2)9-6-7-10-16/h4-12H2,1-3H3,(H,17,19). The molecule has 0 radical (unpaired) electrons. The average Bonchev–Trinajstić information content (AvgIpc) is 2.87. The Morgan fingerprint density at radius 1 is 1.15 bits per heavy atom. The van der Waals surface area contributed by atoms with Crippen molar-refractivity contribution >= 4 is 11.8 Å². The summed E-state index contributed by atoms with van der Waals surface area (Å²) >= 11 is 0. The minimum Gasteiger partial charge on any atom is -0.342 e. The SMILES string of the molecule is CCC1(CN2CCC(=O)NC(C)(CC)C2=O)CCCC1. The predicted molar refractivity (Wildman–Crippen MR) is 79.2 cm³/mol. The van der Waals surface area contributed by atoms with Crippen LogP contribution in [-0.2, 0) is 9.59 Å². The Bertz CT molecular complexity index is 388. The van der Waals surface area contributed by atoms with E-state index in [-0.39, 0.29) is 17.2 Å². The van der Waals surface area contributed by atoms with Crippen LogP contribution in [0.3, 0.4) is 0 Å². The lowest BCUT2D eigenvalue weighted by Crippen LogP contribution is -2.56. The fourth-order valence-electron chi connectivity index (χ4n) is 3.65. The molecular weight excluding hydrogens is 252 g/mol. The summed E-state index contributed by atoms with van der Waals surface area (Å²) in [5, 5.41) is 2.91. The summed E-state index contributed by atoms with van der Waals surface area (Å²) in [6.45, 7) is 7.45. The van der Waals surface area contributed by atoms with E-state index in [2.05, 4.69) is 12.2 Å². The molecule has 1 saturated carbocycles. The number of nitrogens with zero attached hydrogens (tertiary/aromatic N) is 1. The first-order valence-electron chi connectivity index (χ1n) is 8.05. The van der Waals surface area contributed by atoms with Crippen LogP contribution in [-0.4, -0.2) is 35.3 Å². The zero-order valence-electron chi connectivity index (χ0n) is 13.1. The van der Waals surface area contributed by atoms with Crippen molar-refractivity contribution in [3.8, 4) is 0 Å². The molecule has 4 heteroatoms. The van der Waals surface area contributed by atoms with Gasteiger partial charge in [-0.3, -0.25) is 9.59 Å². The summed E-state index contributed by atoms with van der Waals surface area (Å²) in [5.41, 5.74) is -0.432. The third-order valence-electron chi connectivity index (χ3n) is 5.43. The van der Waals surface area contributed by atoms with Crippen molar-refractivity contribution < 1.29 is 9.59 Å². The highest BCUT2D eigenvalue weighted by atomic mass is 16.2. The predicted octanol–water partition coefficient (Wildman–Crippen LogP) is 2.47. The molecule has 2 rings (SSSR count). The summed E-state index contributed by atoms with van der Waals surface area (Å²) < 4.78 is 0. The third-order valence-corrected chi connectivity index (χ3v) is 5.43. The first-order valence-corrected chi connectivity index (χ1v) is 8.05. The van der Waals surface area contributed by atoms with Crippen LogP contribution in [0, 0.1) is 5.41 Å². The smallest absolute Gasteiger partial charge is 0.248 e. The molecule has 0 aromatic heterocycles. The molecule has 1 atom stereocenters. The normalized spacial score (nSPS) is 30.2. The van der Waals surface area contributed by atoms with Crippen LogP contribution in [0.15, 0.2) is 0 Å². The van der Waals surface area contributed by atoms with E-state index in [0.717, 1.165) is 13.0 Å². The van der Waals surface area contributed by atoms with Gasteiger partial charge < -0.3 is 10.2 Å². The monoisotopic (exact) mass is 280 g/mol. The summed E-state index contributed by atoms with van der Waals surface area (Å²) in [5.74, 6) is 0.104. The molecule has 2 amide bonds. The van der Waals surface area contributed by atoms with Crippen LogP contribution in [0.4, 0.5) is 0 Å². The van der Waals surface area contributed by atoms with Gasteiger partial charge >= 0.3 is 0 Å². The highest BCUT2D eigenvalue weighted by molar-refractivity contribution is 5.93. The molecule has 114 valence electrons. The highest BCUT2D eigenvalue weighted by Gasteiger charge is 2.42. The molecule has 1 N–H and O–H groups in total. The first kappa shape index (κ1) is 15.3. The van der Waals surface area contributed by atoms with Gasteiger partial charge in [0.05, 0.1) is 0 Å². The molecule has 1 heterocycles. The number of carbonyl (C=O) groups excluding carboxylic acids is 2. The molecule has 2 fully saturated rings. The van der Waals surface area contributed by atoms with E-state index < -0.39 is 5.54 Å². The maximum atomic E-state index is 12.8. The van der Waals surface area contributed by atoms with Gasteiger partial charge in [0.25, 0.3) is 0 Å². The Hall–Kier alpha value is -1.06. The molecule has 4 nitrogen and oxygen atoms in total. The minimum absolute atomic E-state index is 0.00201. The van der Waals surface area contributed by atoms with Gasteiger partial charge in [-0.1, -0.05) is 26.7 Å². The van der Waals surface area contributed by atoms with Crippen molar-refractivity contribution in [3.05, 3.63) is 0 Å². The van der Waals surface area contributed by atoms with Gasteiger partial charge in [0, 0.05) is 19.5 Å². The average molecular weight is 280 g/mol. The van der Waals surface area contributed by atoms with E-state index >= 15 is 0 Å². The molecule has 1 aliphatic carbocycles. The molecule has 1 aliphatic heterocycles. The van der Waals surface area contributed by atoms with Gasteiger partial charge in [-0.15, -0.1) is 0 Å². The van der Waals surface area contributed by atoms with Gasteiger partial charge in [0.15, 0.2) is 0 Å². The van der Waals surface area contributed by atoms with Crippen molar-refractivity contribution in [2.45, 2.75) is 71.3 Å². The lowest BCUT2D eigenvalue weighted by molar-refractivity contribution is -0.139. The Morgan fingerprint density at radius 3 is 2.35 bits per heavy atom. The van der Waals surface area contributed by atoms with E-state index in [1.54, 1.807) is 0 Å². The van der Waals surface area contributed by atoms with E-state index in [9.17, 15) is 9.59 Å². The summed E-state index contributed by atoms with van der Waals surface area (Å²) in [4.78, 5) is 26.6. The Balaban J connectivity index is 2.17. The molecule has 1 unspecified atom stereocenters. The zero-order chi connectivity index (χ0) is 14.8. The van der Waals surface area contributed by atoms with Crippen LogP contribution in [0.25, 0.3) is 0 Å². The third kappa shape index (κ3) is 2.84. The first-order chi connectivity index (χ1) is 9.45. The van der Waals surface area contributed by atoms with Crippen molar-refractivity contribution in [1.82, 2.24) is 10.2 Å².